The van der Waals surface area contributed by atoms with Crippen LogP contribution in [-0.2, 0) is 11.2 Å². The van der Waals surface area contributed by atoms with Crippen LogP contribution in [0.1, 0.15) is 24.4 Å². The molecule has 1 heterocycles. The Hall–Kier alpha value is -1.62. The van der Waals surface area contributed by atoms with Gasteiger partial charge in [0, 0.05) is 18.4 Å². The summed E-state index contributed by atoms with van der Waals surface area (Å²) in [6.45, 7) is 3.36. The lowest BCUT2D eigenvalue weighted by atomic mass is 10.2. The van der Waals surface area contributed by atoms with Crippen molar-refractivity contribution in [3.8, 4) is 0 Å². The summed E-state index contributed by atoms with van der Waals surface area (Å²) in [5.74, 6) is 0.232. The summed E-state index contributed by atoms with van der Waals surface area (Å²) in [6, 6.07) is 2.50. The van der Waals surface area contributed by atoms with E-state index < -0.39 is 11.9 Å². The second-order valence-electron chi connectivity index (χ2n) is 4.51. The SMILES string of the molecule is Cc1cc2c(cc1F)nc(CCCl)n2C(C)C(N)=O. The minimum atomic E-state index is -0.548. The summed E-state index contributed by atoms with van der Waals surface area (Å²) in [5, 5.41) is 0. The van der Waals surface area contributed by atoms with E-state index in [1.54, 1.807) is 24.5 Å². The Morgan fingerprint density at radius 3 is 2.84 bits per heavy atom. The van der Waals surface area contributed by atoms with Gasteiger partial charge < -0.3 is 10.3 Å². The van der Waals surface area contributed by atoms with Gasteiger partial charge in [0.2, 0.25) is 5.91 Å². The highest BCUT2D eigenvalue weighted by molar-refractivity contribution is 6.17. The molecule has 102 valence electrons. The first-order valence-electron chi connectivity index (χ1n) is 5.98. The van der Waals surface area contributed by atoms with Crippen LogP contribution in [0.25, 0.3) is 11.0 Å². The third-order valence-corrected chi connectivity index (χ3v) is 3.35. The maximum Gasteiger partial charge on any atom is 0.240 e. The van der Waals surface area contributed by atoms with Crippen LogP contribution in [0.2, 0.25) is 0 Å². The number of hydrogen-bond acceptors (Lipinski definition) is 2. The molecule has 0 aliphatic rings. The average Bonchev–Trinajstić information content (AvgIpc) is 2.66. The lowest BCUT2D eigenvalue weighted by Gasteiger charge is -2.14. The molecule has 0 spiro atoms. The Morgan fingerprint density at radius 1 is 1.58 bits per heavy atom. The number of amides is 1. The van der Waals surface area contributed by atoms with Crippen molar-refractivity contribution in [2.24, 2.45) is 5.73 Å². The number of halogens is 2. The summed E-state index contributed by atoms with van der Waals surface area (Å²) in [7, 11) is 0. The lowest BCUT2D eigenvalue weighted by molar-refractivity contribution is -0.120. The van der Waals surface area contributed by atoms with Gasteiger partial charge in [-0.05, 0) is 25.5 Å². The molecule has 0 fully saturated rings. The number of nitrogens with two attached hydrogens (primary N) is 1. The quantitative estimate of drug-likeness (QED) is 0.875. The Kier molecular flexibility index (Phi) is 3.75. The normalized spacial score (nSPS) is 12.8. The van der Waals surface area contributed by atoms with Crippen molar-refractivity contribution in [2.75, 3.05) is 5.88 Å². The highest BCUT2D eigenvalue weighted by atomic mass is 35.5. The molecule has 2 aromatic rings. The zero-order chi connectivity index (χ0) is 14.2. The zero-order valence-corrected chi connectivity index (χ0v) is 11.5. The molecule has 0 radical (unpaired) electrons. The van der Waals surface area contributed by atoms with E-state index in [-0.39, 0.29) is 5.82 Å². The standard InChI is InChI=1S/C13H15ClFN3O/c1-7-5-11-10(6-9(7)15)17-12(3-4-14)18(11)8(2)13(16)19/h5-6,8H,3-4H2,1-2H3,(H2,16,19). The number of alkyl halides is 1. The van der Waals surface area contributed by atoms with E-state index in [1.807, 2.05) is 0 Å². The van der Waals surface area contributed by atoms with Gasteiger partial charge in [0.15, 0.2) is 0 Å². The van der Waals surface area contributed by atoms with Gasteiger partial charge >= 0.3 is 0 Å². The molecule has 4 nitrogen and oxygen atoms in total. The third-order valence-electron chi connectivity index (χ3n) is 3.16. The van der Waals surface area contributed by atoms with E-state index in [0.717, 1.165) is 0 Å². The maximum atomic E-state index is 13.6. The molecule has 0 bridgehead atoms. The number of imidazole rings is 1. The van der Waals surface area contributed by atoms with E-state index in [9.17, 15) is 9.18 Å². The molecule has 0 aliphatic carbocycles. The number of benzene rings is 1. The number of carbonyl (C=O) groups excluding carboxylic acids is 1. The van der Waals surface area contributed by atoms with E-state index in [4.69, 9.17) is 17.3 Å². The average molecular weight is 284 g/mol. The predicted octanol–water partition coefficient (Wildman–Crippen LogP) is 2.31. The van der Waals surface area contributed by atoms with Crippen molar-refractivity contribution in [3.63, 3.8) is 0 Å². The van der Waals surface area contributed by atoms with E-state index in [0.29, 0.717) is 34.7 Å². The van der Waals surface area contributed by atoms with Gasteiger partial charge in [-0.25, -0.2) is 9.37 Å². The monoisotopic (exact) mass is 283 g/mol. The van der Waals surface area contributed by atoms with Crippen LogP contribution < -0.4 is 5.73 Å². The molecule has 0 aliphatic heterocycles. The fourth-order valence-corrected chi connectivity index (χ4v) is 2.26. The Bertz CT molecular complexity index is 638. The molecular formula is C13H15ClFN3O. The molecule has 1 unspecified atom stereocenters. The van der Waals surface area contributed by atoms with Crippen molar-refractivity contribution in [2.45, 2.75) is 26.3 Å². The number of hydrogen-bond donors (Lipinski definition) is 1. The molecule has 0 saturated carbocycles. The van der Waals surface area contributed by atoms with Gasteiger partial charge in [-0.15, -0.1) is 11.6 Å². The van der Waals surface area contributed by atoms with Crippen LogP contribution in [0.3, 0.4) is 0 Å². The highest BCUT2D eigenvalue weighted by Crippen LogP contribution is 2.24. The number of nitrogens with zero attached hydrogens (tertiary/aromatic N) is 2. The first-order valence-corrected chi connectivity index (χ1v) is 6.51. The van der Waals surface area contributed by atoms with Gasteiger partial charge in [0.1, 0.15) is 17.7 Å². The van der Waals surface area contributed by atoms with E-state index in [1.165, 1.54) is 6.07 Å². The molecule has 2 rings (SSSR count). The number of fused-ring (bicyclic) bond motifs is 1. The van der Waals surface area contributed by atoms with Crippen LogP contribution in [0.4, 0.5) is 4.39 Å². The Morgan fingerprint density at radius 2 is 2.26 bits per heavy atom. The summed E-state index contributed by atoms with van der Waals surface area (Å²) < 4.78 is 15.3. The zero-order valence-electron chi connectivity index (χ0n) is 10.8. The lowest BCUT2D eigenvalue weighted by Crippen LogP contribution is -2.25. The molecule has 1 aromatic heterocycles. The van der Waals surface area contributed by atoms with Gasteiger partial charge in [-0.1, -0.05) is 0 Å². The van der Waals surface area contributed by atoms with E-state index in [2.05, 4.69) is 4.98 Å². The van der Waals surface area contributed by atoms with Crippen molar-refractivity contribution in [1.29, 1.82) is 0 Å². The summed E-state index contributed by atoms with van der Waals surface area (Å²) in [5.41, 5.74) is 7.07. The topological polar surface area (TPSA) is 60.9 Å². The Balaban J connectivity index is 2.72. The molecule has 6 heteroatoms. The minimum absolute atomic E-state index is 0.318. The van der Waals surface area contributed by atoms with Gasteiger partial charge in [0.05, 0.1) is 11.0 Å². The van der Waals surface area contributed by atoms with Gasteiger partial charge in [0.25, 0.3) is 0 Å². The van der Waals surface area contributed by atoms with Crippen molar-refractivity contribution < 1.29 is 9.18 Å². The summed E-state index contributed by atoms with van der Waals surface area (Å²) in [4.78, 5) is 15.8. The van der Waals surface area contributed by atoms with Crippen molar-refractivity contribution >= 4 is 28.5 Å². The van der Waals surface area contributed by atoms with Crippen molar-refractivity contribution in [1.82, 2.24) is 9.55 Å². The van der Waals surface area contributed by atoms with Crippen LogP contribution in [0, 0.1) is 12.7 Å². The number of aryl methyl sites for hydroxylation is 2. The first kappa shape index (κ1) is 13.8. The maximum absolute atomic E-state index is 13.6. The minimum Gasteiger partial charge on any atom is -0.368 e. The molecule has 1 atom stereocenters. The number of rotatable bonds is 4. The second-order valence-corrected chi connectivity index (χ2v) is 4.88. The number of aromatic nitrogens is 2. The van der Waals surface area contributed by atoms with Crippen LogP contribution >= 0.6 is 11.6 Å². The second kappa shape index (κ2) is 5.17. The van der Waals surface area contributed by atoms with E-state index >= 15 is 0 Å². The highest BCUT2D eigenvalue weighted by Gasteiger charge is 2.20. The summed E-state index contributed by atoms with van der Waals surface area (Å²) in [6.07, 6.45) is 0.495. The summed E-state index contributed by atoms with van der Waals surface area (Å²) >= 11 is 5.74. The van der Waals surface area contributed by atoms with Crippen LogP contribution in [0.5, 0.6) is 0 Å². The molecule has 0 saturated heterocycles. The van der Waals surface area contributed by atoms with Crippen LogP contribution in [0.15, 0.2) is 12.1 Å². The third kappa shape index (κ3) is 2.42. The largest absolute Gasteiger partial charge is 0.368 e. The van der Waals surface area contributed by atoms with Crippen LogP contribution in [-0.4, -0.2) is 21.3 Å². The first-order chi connectivity index (χ1) is 8.95. The smallest absolute Gasteiger partial charge is 0.240 e. The molecular weight excluding hydrogens is 269 g/mol. The van der Waals surface area contributed by atoms with Crippen molar-refractivity contribution in [3.05, 3.63) is 29.3 Å². The number of primary amides is 1. The fraction of sp³-hybridized carbons (Fsp3) is 0.385. The molecule has 1 amide bonds. The van der Waals surface area contributed by atoms with Gasteiger partial charge in [-0.3, -0.25) is 4.79 Å². The molecule has 2 N–H and O–H groups in total. The number of carbonyl (C=O) groups is 1. The Labute approximate surface area is 115 Å². The fourth-order valence-electron chi connectivity index (χ4n) is 2.09. The molecule has 1 aromatic carbocycles. The van der Waals surface area contributed by atoms with Gasteiger partial charge in [-0.2, -0.15) is 0 Å². The predicted molar refractivity (Wildman–Crippen MR) is 72.8 cm³/mol. The molecule has 19 heavy (non-hydrogen) atoms.